The Bertz CT molecular complexity index is 816. The summed E-state index contributed by atoms with van der Waals surface area (Å²) in [5.74, 6) is 0.0176. The zero-order chi connectivity index (χ0) is 14.7. The second-order valence-corrected chi connectivity index (χ2v) is 5.12. The van der Waals surface area contributed by atoms with Crippen molar-refractivity contribution in [1.29, 1.82) is 0 Å². The van der Waals surface area contributed by atoms with Crippen LogP contribution in [0.5, 0.6) is 0 Å². The van der Waals surface area contributed by atoms with Gasteiger partial charge in [-0.05, 0) is 30.0 Å². The molecule has 0 spiro atoms. The van der Waals surface area contributed by atoms with Crippen LogP contribution in [-0.2, 0) is 0 Å². The molecule has 0 amide bonds. The summed E-state index contributed by atoms with van der Waals surface area (Å²) in [4.78, 5) is 12.8. The summed E-state index contributed by atoms with van der Waals surface area (Å²) in [6.07, 6.45) is 3.16. The molecule has 0 fully saturated rings. The van der Waals surface area contributed by atoms with E-state index in [-0.39, 0.29) is 5.84 Å². The average molecular weight is 297 g/mol. The number of amidine groups is 1. The molecule has 0 atom stereocenters. The van der Waals surface area contributed by atoms with Crippen molar-refractivity contribution in [1.82, 2.24) is 15.0 Å². The minimum Gasteiger partial charge on any atom is -0.409 e. The number of hydrogen-bond acceptors (Lipinski definition) is 6. The zero-order valence-electron chi connectivity index (χ0n) is 10.8. The third-order valence-electron chi connectivity index (χ3n) is 2.85. The van der Waals surface area contributed by atoms with Gasteiger partial charge in [0.05, 0.1) is 11.1 Å². The maximum atomic E-state index is 8.85. The summed E-state index contributed by atoms with van der Waals surface area (Å²) in [7, 11) is 0. The lowest BCUT2D eigenvalue weighted by Crippen LogP contribution is -2.14. The first-order chi connectivity index (χ1) is 10.3. The number of para-hydroxylation sites is 1. The summed E-state index contributed by atoms with van der Waals surface area (Å²) < 4.78 is 0. The van der Waals surface area contributed by atoms with Crippen LogP contribution in [-0.4, -0.2) is 26.0 Å². The standard InChI is InChI=1S/C14H11N5OS/c15-12(19-20)10-5-3-7-16-14(10)21-13-9-4-1-2-6-11(9)17-8-18-13/h1-8,20H,(H2,15,19). The maximum Gasteiger partial charge on any atom is 0.172 e. The lowest BCUT2D eigenvalue weighted by Gasteiger charge is -2.07. The number of oxime groups is 1. The van der Waals surface area contributed by atoms with E-state index in [4.69, 9.17) is 10.9 Å². The van der Waals surface area contributed by atoms with E-state index in [1.165, 1.54) is 18.1 Å². The first-order valence-electron chi connectivity index (χ1n) is 6.10. The van der Waals surface area contributed by atoms with Gasteiger partial charge in [0.1, 0.15) is 16.4 Å². The molecule has 1 aromatic carbocycles. The van der Waals surface area contributed by atoms with Crippen molar-refractivity contribution in [3.63, 3.8) is 0 Å². The van der Waals surface area contributed by atoms with Crippen molar-refractivity contribution in [3.8, 4) is 0 Å². The predicted octanol–water partition coefficient (Wildman–Crippen LogP) is 2.27. The van der Waals surface area contributed by atoms with Gasteiger partial charge in [0.25, 0.3) is 0 Å². The van der Waals surface area contributed by atoms with Crippen molar-refractivity contribution in [2.45, 2.75) is 10.1 Å². The minimum absolute atomic E-state index is 0.0176. The maximum absolute atomic E-state index is 8.85. The Morgan fingerprint density at radius 1 is 1.05 bits per heavy atom. The molecular formula is C14H11N5OS. The van der Waals surface area contributed by atoms with Gasteiger partial charge in [-0.2, -0.15) is 0 Å². The van der Waals surface area contributed by atoms with Crippen LogP contribution in [0.15, 0.2) is 64.1 Å². The highest BCUT2D eigenvalue weighted by Crippen LogP contribution is 2.31. The summed E-state index contributed by atoms with van der Waals surface area (Å²) in [6, 6.07) is 11.2. The third-order valence-corrected chi connectivity index (χ3v) is 3.89. The van der Waals surface area contributed by atoms with Crippen LogP contribution in [0.3, 0.4) is 0 Å². The Balaban J connectivity index is 2.08. The first-order valence-corrected chi connectivity index (χ1v) is 6.92. The second-order valence-electron chi connectivity index (χ2n) is 4.14. The fourth-order valence-corrected chi connectivity index (χ4v) is 2.84. The largest absolute Gasteiger partial charge is 0.409 e. The summed E-state index contributed by atoms with van der Waals surface area (Å²) in [6.45, 7) is 0. The molecule has 0 aliphatic heterocycles. The van der Waals surface area contributed by atoms with Crippen molar-refractivity contribution in [2.24, 2.45) is 10.9 Å². The highest BCUT2D eigenvalue weighted by molar-refractivity contribution is 7.99. The van der Waals surface area contributed by atoms with Gasteiger partial charge in [-0.25, -0.2) is 15.0 Å². The molecule has 0 aliphatic carbocycles. The van der Waals surface area contributed by atoms with Crippen LogP contribution < -0.4 is 5.73 Å². The predicted molar refractivity (Wildman–Crippen MR) is 80.4 cm³/mol. The Morgan fingerprint density at radius 2 is 1.90 bits per heavy atom. The average Bonchev–Trinajstić information content (AvgIpc) is 2.55. The zero-order valence-corrected chi connectivity index (χ0v) is 11.7. The summed E-state index contributed by atoms with van der Waals surface area (Å²) >= 11 is 1.35. The highest BCUT2D eigenvalue weighted by Gasteiger charge is 2.12. The van der Waals surface area contributed by atoms with Crippen LogP contribution in [0.1, 0.15) is 5.56 Å². The molecule has 7 heteroatoms. The Kier molecular flexibility index (Phi) is 3.65. The summed E-state index contributed by atoms with van der Waals surface area (Å²) in [5, 5.41) is 14.2. The van der Waals surface area contributed by atoms with Crippen LogP contribution in [0.2, 0.25) is 0 Å². The number of benzene rings is 1. The molecule has 6 nitrogen and oxygen atoms in total. The van der Waals surface area contributed by atoms with Gasteiger partial charge < -0.3 is 10.9 Å². The monoisotopic (exact) mass is 297 g/mol. The molecule has 0 bridgehead atoms. The quantitative estimate of drug-likeness (QED) is 0.253. The van der Waals surface area contributed by atoms with Crippen LogP contribution in [0, 0.1) is 0 Å². The van der Waals surface area contributed by atoms with Gasteiger partial charge in [0, 0.05) is 11.6 Å². The van der Waals surface area contributed by atoms with Gasteiger partial charge in [0.2, 0.25) is 0 Å². The van der Waals surface area contributed by atoms with Crippen LogP contribution >= 0.6 is 11.8 Å². The molecule has 0 radical (unpaired) electrons. The number of hydrogen-bond donors (Lipinski definition) is 2. The van der Waals surface area contributed by atoms with E-state index in [1.807, 2.05) is 24.3 Å². The van der Waals surface area contributed by atoms with Gasteiger partial charge in [-0.15, -0.1) is 0 Å². The fourth-order valence-electron chi connectivity index (χ4n) is 1.87. The van der Waals surface area contributed by atoms with E-state index in [0.29, 0.717) is 10.6 Å². The van der Waals surface area contributed by atoms with E-state index in [1.54, 1.807) is 18.3 Å². The van der Waals surface area contributed by atoms with Gasteiger partial charge in [-0.3, -0.25) is 0 Å². The van der Waals surface area contributed by atoms with Gasteiger partial charge in [0.15, 0.2) is 5.84 Å². The molecule has 0 unspecified atom stereocenters. The first kappa shape index (κ1) is 13.3. The van der Waals surface area contributed by atoms with Crippen LogP contribution in [0.25, 0.3) is 10.9 Å². The molecule has 0 saturated heterocycles. The Morgan fingerprint density at radius 3 is 2.76 bits per heavy atom. The normalized spacial score (nSPS) is 11.7. The SMILES string of the molecule is N/C(=N\O)c1cccnc1Sc1ncnc2ccccc12. The van der Waals surface area contributed by atoms with E-state index in [9.17, 15) is 0 Å². The Labute approximate surface area is 124 Å². The van der Waals surface area contributed by atoms with E-state index in [0.717, 1.165) is 15.9 Å². The molecule has 104 valence electrons. The fraction of sp³-hybridized carbons (Fsp3) is 0. The number of nitrogens with zero attached hydrogens (tertiary/aromatic N) is 4. The lowest BCUT2D eigenvalue weighted by atomic mass is 10.2. The molecule has 0 aliphatic rings. The minimum atomic E-state index is 0.0176. The molecule has 2 heterocycles. The molecule has 0 saturated carbocycles. The number of aromatic nitrogens is 3. The molecule has 3 aromatic rings. The topological polar surface area (TPSA) is 97.3 Å². The third kappa shape index (κ3) is 2.63. The molecule has 2 aromatic heterocycles. The molecule has 3 N–H and O–H groups in total. The van der Waals surface area contributed by atoms with Crippen molar-refractivity contribution in [3.05, 3.63) is 54.5 Å². The summed E-state index contributed by atoms with van der Waals surface area (Å²) in [5.41, 5.74) is 7.10. The lowest BCUT2D eigenvalue weighted by molar-refractivity contribution is 0.318. The molecular weight excluding hydrogens is 286 g/mol. The smallest absolute Gasteiger partial charge is 0.172 e. The van der Waals surface area contributed by atoms with Crippen LogP contribution in [0.4, 0.5) is 0 Å². The Hall–Kier alpha value is -2.67. The van der Waals surface area contributed by atoms with Gasteiger partial charge in [-0.1, -0.05) is 23.4 Å². The molecule has 3 rings (SSSR count). The number of fused-ring (bicyclic) bond motifs is 1. The second kappa shape index (κ2) is 5.76. The molecule has 21 heavy (non-hydrogen) atoms. The van der Waals surface area contributed by atoms with Gasteiger partial charge >= 0.3 is 0 Å². The highest BCUT2D eigenvalue weighted by atomic mass is 32.2. The van der Waals surface area contributed by atoms with E-state index < -0.39 is 0 Å². The van der Waals surface area contributed by atoms with Crippen molar-refractivity contribution >= 4 is 28.5 Å². The van der Waals surface area contributed by atoms with E-state index in [2.05, 4.69) is 20.1 Å². The van der Waals surface area contributed by atoms with Crippen molar-refractivity contribution in [2.75, 3.05) is 0 Å². The van der Waals surface area contributed by atoms with E-state index >= 15 is 0 Å². The number of pyridine rings is 1. The number of rotatable bonds is 3. The number of nitrogens with two attached hydrogens (primary N) is 1. The van der Waals surface area contributed by atoms with Crippen molar-refractivity contribution < 1.29 is 5.21 Å².